The molecule has 0 radical (unpaired) electrons. The molecule has 4 rings (SSSR count). The molecule has 0 amide bonds. The minimum Gasteiger partial charge on any atom is -0.778 e. The summed E-state index contributed by atoms with van der Waals surface area (Å²) in [5, 5.41) is 0.556. The van der Waals surface area contributed by atoms with Crippen LogP contribution in [0.1, 0.15) is 0 Å². The Labute approximate surface area is 203 Å². The first kappa shape index (κ1) is 25.5. The first-order valence-electron chi connectivity index (χ1n) is 8.01. The second-order valence-corrected chi connectivity index (χ2v) is 9.41. The fraction of sp³-hybridized carbons (Fsp3) is 0. The predicted octanol–water partition coefficient (Wildman–Crippen LogP) is 2.09. The average Bonchev–Trinajstić information content (AvgIpc) is 2.67. The van der Waals surface area contributed by atoms with Gasteiger partial charge >= 0.3 is 21.1 Å². The molecule has 0 saturated heterocycles. The van der Waals surface area contributed by atoms with E-state index < -0.39 is 20.2 Å². The van der Waals surface area contributed by atoms with Gasteiger partial charge in [-0.25, -0.2) is 16.8 Å². The Bertz CT molecular complexity index is 1360. The van der Waals surface area contributed by atoms with E-state index in [0.29, 0.717) is 20.8 Å². The summed E-state index contributed by atoms with van der Waals surface area (Å²) in [5.41, 5.74) is 0.730. The summed E-state index contributed by atoms with van der Waals surface area (Å²) in [7, 11) is -8.96. The molecule has 0 aliphatic carbocycles. The Morgan fingerprint density at radius 3 is 1.32 bits per heavy atom. The fourth-order valence-electron chi connectivity index (χ4n) is 2.68. The van der Waals surface area contributed by atoms with Gasteiger partial charge in [0.15, 0.2) is 0 Å². The van der Waals surface area contributed by atoms with Crippen LogP contribution in [0.15, 0.2) is 80.5 Å². The van der Waals surface area contributed by atoms with Gasteiger partial charge in [-0.3, -0.25) is 9.97 Å². The zero-order valence-corrected chi connectivity index (χ0v) is 20.6. The Hall–Kier alpha value is -1.79. The summed E-state index contributed by atoms with van der Waals surface area (Å²) < 4.78 is 65.6. The van der Waals surface area contributed by atoms with Gasteiger partial charge in [-0.15, -0.1) is 9.79 Å². The van der Waals surface area contributed by atoms with Crippen molar-refractivity contribution in [2.75, 3.05) is 0 Å². The van der Waals surface area contributed by atoms with Crippen LogP contribution in [0.4, 0.5) is 0 Å². The van der Waals surface area contributed by atoms with E-state index in [9.17, 15) is 25.9 Å². The molecule has 0 saturated carbocycles. The minimum absolute atomic E-state index is 0. The Kier molecular flexibility index (Phi) is 8.04. The van der Waals surface area contributed by atoms with E-state index in [4.69, 9.17) is 25.3 Å². The van der Waals surface area contributed by atoms with Crippen molar-refractivity contribution in [1.29, 1.82) is 0 Å². The van der Waals surface area contributed by atoms with Crippen LogP contribution in [0.2, 0.25) is 0 Å². The molecule has 2 aromatic heterocycles. The number of hydrogen-bond donors (Lipinski definition) is 0. The third-order valence-electron chi connectivity index (χ3n) is 3.92. The van der Waals surface area contributed by atoms with Crippen LogP contribution in [0.25, 0.3) is 21.8 Å². The molecule has 2 aromatic carbocycles. The molecule has 0 unspecified atom stereocenters. The van der Waals surface area contributed by atoms with Crippen LogP contribution >= 0.6 is 0 Å². The summed E-state index contributed by atoms with van der Waals surface area (Å²) in [6, 6.07) is 11.4. The molecular weight excluding hydrogens is 664 g/mol. The van der Waals surface area contributed by atoms with Crippen LogP contribution in [0.5, 0.6) is 0 Å². The molecule has 4 aromatic rings. The van der Waals surface area contributed by atoms with Crippen molar-refractivity contribution >= 4 is 67.3 Å². The average molecular weight is 674 g/mol. The van der Waals surface area contributed by atoms with E-state index in [1.807, 2.05) is 0 Å². The smallest absolute Gasteiger partial charge is 0.778 e. The number of hydrogen-bond acceptors (Lipinski definition) is 10. The second-order valence-electron chi connectivity index (χ2n) is 5.83. The van der Waals surface area contributed by atoms with Gasteiger partial charge in [0.05, 0.1) is 20.8 Å². The quantitative estimate of drug-likeness (QED) is 0.230. The molecule has 0 aliphatic rings. The molecule has 164 valence electrons. The topological polar surface area (TPSA) is 140 Å². The normalized spacial score (nSPS) is 11.4. The molecule has 0 atom stereocenters. The number of benzene rings is 2. The maximum absolute atomic E-state index is 10.9. The number of nitrogens with zero attached hydrogens (tertiary/aromatic N) is 2. The molecule has 8 nitrogen and oxygen atoms in total. The SMILES string of the molecule is O=S(=O)([O-])c1ccc([S-])c2ncccc12.O=S(=O)([O-])c1ccc([S-])c2ncccc12.[Pt+2]. The monoisotopic (exact) mass is 673 g/mol. The van der Waals surface area contributed by atoms with Crippen LogP contribution < -0.4 is 0 Å². The first-order chi connectivity index (χ1) is 14.0. The third-order valence-corrected chi connectivity index (χ3v) is 6.37. The maximum Gasteiger partial charge on any atom is 2.00 e. The molecule has 2 heterocycles. The van der Waals surface area contributed by atoms with Crippen molar-refractivity contribution in [2.24, 2.45) is 0 Å². The van der Waals surface area contributed by atoms with Crippen molar-refractivity contribution in [2.45, 2.75) is 19.6 Å². The fourth-order valence-corrected chi connectivity index (χ4v) is 4.48. The molecule has 0 spiro atoms. The number of pyridine rings is 2. The molecule has 31 heavy (non-hydrogen) atoms. The second kappa shape index (κ2) is 9.78. The Balaban J connectivity index is 0.000000213. The summed E-state index contributed by atoms with van der Waals surface area (Å²) in [6.45, 7) is 0. The summed E-state index contributed by atoms with van der Waals surface area (Å²) in [4.78, 5) is 8.20. The standard InChI is InChI=1S/2C9H7NO3S2.Pt/c2*11-15(12,13)8-4-3-7(14)9-6(8)2-1-5-10-9;/h2*1-5,14H,(H,11,12,13);/q;;+2/p-4. The maximum atomic E-state index is 10.9. The molecule has 0 N–H and O–H groups in total. The van der Waals surface area contributed by atoms with Gasteiger partial charge in [0.2, 0.25) is 0 Å². The third kappa shape index (κ3) is 5.72. The molecular formula is C18H10N2O6PtS4-2. The van der Waals surface area contributed by atoms with E-state index in [-0.39, 0.29) is 41.6 Å². The Morgan fingerprint density at radius 1 is 0.645 bits per heavy atom. The Morgan fingerprint density at radius 2 is 1.00 bits per heavy atom. The largest absolute Gasteiger partial charge is 2.00 e. The zero-order valence-electron chi connectivity index (χ0n) is 15.1. The molecule has 0 aliphatic heterocycles. The van der Waals surface area contributed by atoms with Gasteiger partial charge in [-0.05, 0) is 24.3 Å². The molecule has 13 heteroatoms. The van der Waals surface area contributed by atoms with Crippen LogP contribution in [-0.4, -0.2) is 35.9 Å². The number of rotatable bonds is 2. The predicted molar refractivity (Wildman–Crippen MR) is 111 cm³/mol. The van der Waals surface area contributed by atoms with Crippen molar-refractivity contribution in [3.63, 3.8) is 0 Å². The van der Waals surface area contributed by atoms with Crippen LogP contribution in [0, 0.1) is 0 Å². The van der Waals surface area contributed by atoms with Crippen molar-refractivity contribution in [3.8, 4) is 0 Å². The first-order valence-corrected chi connectivity index (χ1v) is 11.6. The minimum atomic E-state index is -4.48. The van der Waals surface area contributed by atoms with Gasteiger partial charge in [-0.2, -0.15) is 0 Å². The van der Waals surface area contributed by atoms with E-state index in [1.165, 1.54) is 48.8 Å². The van der Waals surface area contributed by atoms with Gasteiger partial charge in [0.25, 0.3) is 0 Å². The number of fused-ring (bicyclic) bond motifs is 2. The van der Waals surface area contributed by atoms with Crippen LogP contribution in [0.3, 0.4) is 0 Å². The van der Waals surface area contributed by atoms with Crippen molar-refractivity contribution < 1.29 is 47.0 Å². The molecule has 0 bridgehead atoms. The van der Waals surface area contributed by atoms with Crippen molar-refractivity contribution in [3.05, 3.63) is 60.9 Å². The number of aromatic nitrogens is 2. The van der Waals surface area contributed by atoms with E-state index in [0.717, 1.165) is 0 Å². The van der Waals surface area contributed by atoms with E-state index >= 15 is 0 Å². The van der Waals surface area contributed by atoms with Gasteiger partial charge < -0.3 is 34.4 Å². The van der Waals surface area contributed by atoms with Gasteiger partial charge in [-0.1, -0.05) is 24.3 Å². The van der Waals surface area contributed by atoms with Gasteiger partial charge in [0.1, 0.15) is 20.2 Å². The van der Waals surface area contributed by atoms with E-state index in [2.05, 4.69) is 9.97 Å². The van der Waals surface area contributed by atoms with Crippen molar-refractivity contribution in [1.82, 2.24) is 9.97 Å². The van der Waals surface area contributed by atoms with Gasteiger partial charge in [0, 0.05) is 23.2 Å². The van der Waals surface area contributed by atoms with Crippen LogP contribution in [-0.2, 0) is 66.6 Å². The summed E-state index contributed by atoms with van der Waals surface area (Å²) >= 11 is 9.95. The van der Waals surface area contributed by atoms with E-state index in [1.54, 1.807) is 12.1 Å². The molecule has 0 fully saturated rings. The summed E-state index contributed by atoms with van der Waals surface area (Å²) in [6.07, 6.45) is 3.00. The summed E-state index contributed by atoms with van der Waals surface area (Å²) in [5.74, 6) is 0. The zero-order chi connectivity index (χ0) is 22.1.